The lowest BCUT2D eigenvalue weighted by atomic mass is 9.96. The lowest BCUT2D eigenvalue weighted by molar-refractivity contribution is -0.127. The topological polar surface area (TPSA) is 32.3 Å². The third-order valence-corrected chi connectivity index (χ3v) is 4.72. The van der Waals surface area contributed by atoms with Crippen molar-refractivity contribution in [2.75, 3.05) is 7.05 Å². The Kier molecular flexibility index (Phi) is 4.70. The van der Waals surface area contributed by atoms with Crippen molar-refractivity contribution in [1.29, 1.82) is 0 Å². The van der Waals surface area contributed by atoms with Gasteiger partial charge in [0, 0.05) is 13.5 Å². The molecule has 1 atom stereocenters. The molecule has 1 saturated heterocycles. The molecule has 3 heteroatoms. The van der Waals surface area contributed by atoms with E-state index in [0.717, 1.165) is 12.8 Å². The second-order valence-electron chi connectivity index (χ2n) is 6.31. The number of hydrogen-bond acceptors (Lipinski definition) is 2. The summed E-state index contributed by atoms with van der Waals surface area (Å²) in [5.74, 6) is 0.780. The molecule has 1 amide bonds. The molecule has 1 N–H and O–H groups in total. The van der Waals surface area contributed by atoms with E-state index in [1.54, 1.807) is 11.9 Å². The van der Waals surface area contributed by atoms with E-state index in [0.29, 0.717) is 12.2 Å². The number of nitrogens with one attached hydrogen (secondary N) is 1. The highest BCUT2D eigenvalue weighted by atomic mass is 16.2. The molecular formula is C21H24N2O. The number of nitrogens with zero attached hydrogens (tertiary/aromatic N) is 1. The van der Waals surface area contributed by atoms with Crippen molar-refractivity contribution in [3.8, 4) is 11.1 Å². The quantitative estimate of drug-likeness (QED) is 0.916. The highest BCUT2D eigenvalue weighted by molar-refractivity contribution is 5.78. The first kappa shape index (κ1) is 16.3. The third kappa shape index (κ3) is 3.35. The predicted octanol–water partition coefficient (Wildman–Crippen LogP) is 4.27. The molecule has 0 spiro atoms. The summed E-state index contributed by atoms with van der Waals surface area (Å²) in [6, 6.07) is 17.3. The zero-order chi connectivity index (χ0) is 17.1. The summed E-state index contributed by atoms with van der Waals surface area (Å²) in [6.07, 6.45) is 2.34. The Balaban J connectivity index is 1.90. The number of rotatable bonds is 3. The van der Waals surface area contributed by atoms with Crippen molar-refractivity contribution in [1.82, 2.24) is 10.2 Å². The standard InChI is InChI=1S/C21H24N2O/c1-4-16-7-5-8-17(13-16)18-9-6-10-19(14-18)20-11-12-21(24)23(3)15(2)22-20/h5-10,13-14,20,22H,2,4,11-12H2,1,3H3. The molecule has 2 aromatic carbocycles. The van der Waals surface area contributed by atoms with Crippen LogP contribution in [0.25, 0.3) is 11.1 Å². The molecule has 0 aromatic heterocycles. The first-order valence-electron chi connectivity index (χ1n) is 8.49. The maximum absolute atomic E-state index is 12.0. The molecule has 2 aromatic rings. The molecule has 1 heterocycles. The molecular weight excluding hydrogens is 296 g/mol. The van der Waals surface area contributed by atoms with Gasteiger partial charge in [0.15, 0.2) is 0 Å². The molecule has 1 unspecified atom stereocenters. The Morgan fingerprint density at radius 3 is 2.62 bits per heavy atom. The fourth-order valence-electron chi connectivity index (χ4n) is 3.11. The van der Waals surface area contributed by atoms with E-state index in [1.807, 2.05) is 0 Å². The molecule has 1 fully saturated rings. The van der Waals surface area contributed by atoms with Crippen LogP contribution in [0.5, 0.6) is 0 Å². The third-order valence-electron chi connectivity index (χ3n) is 4.72. The molecule has 0 aliphatic carbocycles. The smallest absolute Gasteiger partial charge is 0.227 e. The molecule has 3 rings (SSSR count). The highest BCUT2D eigenvalue weighted by Gasteiger charge is 2.23. The van der Waals surface area contributed by atoms with Crippen LogP contribution >= 0.6 is 0 Å². The van der Waals surface area contributed by atoms with Crippen molar-refractivity contribution in [2.24, 2.45) is 0 Å². The minimum atomic E-state index is 0.112. The summed E-state index contributed by atoms with van der Waals surface area (Å²) >= 11 is 0. The molecule has 3 nitrogen and oxygen atoms in total. The van der Waals surface area contributed by atoms with Gasteiger partial charge in [-0.05, 0) is 41.2 Å². The van der Waals surface area contributed by atoms with Gasteiger partial charge in [0.1, 0.15) is 5.82 Å². The Hall–Kier alpha value is -2.55. The van der Waals surface area contributed by atoms with E-state index >= 15 is 0 Å². The van der Waals surface area contributed by atoms with Gasteiger partial charge in [-0.3, -0.25) is 4.79 Å². The molecule has 0 radical (unpaired) electrons. The number of amides is 1. The van der Waals surface area contributed by atoms with E-state index in [1.165, 1.54) is 22.3 Å². The van der Waals surface area contributed by atoms with Crippen LogP contribution in [-0.4, -0.2) is 17.9 Å². The molecule has 1 aliphatic rings. The maximum atomic E-state index is 12.0. The molecule has 124 valence electrons. The first-order valence-corrected chi connectivity index (χ1v) is 8.49. The van der Waals surface area contributed by atoms with Gasteiger partial charge in [-0.2, -0.15) is 0 Å². The van der Waals surface area contributed by atoms with E-state index < -0.39 is 0 Å². The number of benzene rings is 2. The van der Waals surface area contributed by atoms with Crippen LogP contribution in [0.3, 0.4) is 0 Å². The normalized spacial score (nSPS) is 18.2. The second-order valence-corrected chi connectivity index (χ2v) is 6.31. The van der Waals surface area contributed by atoms with E-state index in [-0.39, 0.29) is 11.9 Å². The Morgan fingerprint density at radius 2 is 1.88 bits per heavy atom. The lowest BCUT2D eigenvalue weighted by Gasteiger charge is -2.21. The van der Waals surface area contributed by atoms with Crippen LogP contribution in [0.15, 0.2) is 60.9 Å². The van der Waals surface area contributed by atoms with Crippen LogP contribution in [-0.2, 0) is 11.2 Å². The fraction of sp³-hybridized carbons (Fsp3) is 0.286. The summed E-state index contributed by atoms with van der Waals surface area (Å²) in [6.45, 7) is 6.15. The monoisotopic (exact) mass is 320 g/mol. The van der Waals surface area contributed by atoms with Gasteiger partial charge < -0.3 is 10.2 Å². The number of carbonyl (C=O) groups excluding carboxylic acids is 1. The maximum Gasteiger partial charge on any atom is 0.227 e. The summed E-state index contributed by atoms with van der Waals surface area (Å²) in [5, 5.41) is 3.39. The molecule has 0 saturated carbocycles. The Labute approximate surface area is 144 Å². The Morgan fingerprint density at radius 1 is 1.17 bits per heavy atom. The Bertz CT molecular complexity index is 766. The zero-order valence-electron chi connectivity index (χ0n) is 14.4. The minimum Gasteiger partial charge on any atom is -0.365 e. The van der Waals surface area contributed by atoms with Gasteiger partial charge in [0.2, 0.25) is 5.91 Å². The van der Waals surface area contributed by atoms with E-state index in [9.17, 15) is 4.79 Å². The summed E-state index contributed by atoms with van der Waals surface area (Å²) in [5.41, 5.74) is 4.97. The van der Waals surface area contributed by atoms with Crippen LogP contribution < -0.4 is 5.32 Å². The summed E-state index contributed by atoms with van der Waals surface area (Å²) in [4.78, 5) is 13.6. The molecule has 0 bridgehead atoms. The number of carbonyl (C=O) groups is 1. The van der Waals surface area contributed by atoms with Gasteiger partial charge in [-0.15, -0.1) is 0 Å². The van der Waals surface area contributed by atoms with Crippen LogP contribution in [0.2, 0.25) is 0 Å². The second kappa shape index (κ2) is 6.91. The van der Waals surface area contributed by atoms with Crippen molar-refractivity contribution in [2.45, 2.75) is 32.2 Å². The average molecular weight is 320 g/mol. The van der Waals surface area contributed by atoms with E-state index in [4.69, 9.17) is 0 Å². The highest BCUT2D eigenvalue weighted by Crippen LogP contribution is 2.28. The van der Waals surface area contributed by atoms with Crippen molar-refractivity contribution >= 4 is 5.91 Å². The van der Waals surface area contributed by atoms with Crippen LogP contribution in [0.4, 0.5) is 0 Å². The lowest BCUT2D eigenvalue weighted by Crippen LogP contribution is -2.30. The number of hydrogen-bond donors (Lipinski definition) is 1. The van der Waals surface area contributed by atoms with Gasteiger partial charge in [-0.1, -0.05) is 56.0 Å². The predicted molar refractivity (Wildman–Crippen MR) is 98.3 cm³/mol. The van der Waals surface area contributed by atoms with Gasteiger partial charge >= 0.3 is 0 Å². The van der Waals surface area contributed by atoms with Crippen molar-refractivity contribution < 1.29 is 4.79 Å². The summed E-state index contributed by atoms with van der Waals surface area (Å²) in [7, 11) is 1.77. The first-order chi connectivity index (χ1) is 11.6. The minimum absolute atomic E-state index is 0.112. The van der Waals surface area contributed by atoms with Gasteiger partial charge in [-0.25, -0.2) is 0 Å². The van der Waals surface area contributed by atoms with Crippen molar-refractivity contribution in [3.63, 3.8) is 0 Å². The number of aryl methyl sites for hydroxylation is 1. The molecule has 24 heavy (non-hydrogen) atoms. The average Bonchev–Trinajstić information content (AvgIpc) is 2.75. The van der Waals surface area contributed by atoms with Gasteiger partial charge in [0.05, 0.1) is 6.04 Å². The van der Waals surface area contributed by atoms with E-state index in [2.05, 4.69) is 67.4 Å². The molecule has 1 aliphatic heterocycles. The largest absolute Gasteiger partial charge is 0.365 e. The fourth-order valence-corrected chi connectivity index (χ4v) is 3.11. The van der Waals surface area contributed by atoms with Crippen LogP contribution in [0, 0.1) is 0 Å². The van der Waals surface area contributed by atoms with Crippen molar-refractivity contribution in [3.05, 3.63) is 72.1 Å². The van der Waals surface area contributed by atoms with Crippen LogP contribution in [0.1, 0.15) is 36.9 Å². The SMILES string of the molecule is C=C1NC(c2cccc(-c3cccc(CC)c3)c2)CCC(=O)N1C. The van der Waals surface area contributed by atoms with Gasteiger partial charge in [0.25, 0.3) is 0 Å². The zero-order valence-corrected chi connectivity index (χ0v) is 14.4. The summed E-state index contributed by atoms with van der Waals surface area (Å²) < 4.78 is 0.